The molecule has 0 fully saturated rings. The second-order valence-electron chi connectivity index (χ2n) is 4.51. The normalized spacial score (nSPS) is 12.2. The summed E-state index contributed by atoms with van der Waals surface area (Å²) in [6, 6.07) is 6.06. The van der Waals surface area contributed by atoms with Gasteiger partial charge < -0.3 is 10.1 Å². The minimum atomic E-state index is -1.04. The highest BCUT2D eigenvalue weighted by atomic mass is 79.9. The van der Waals surface area contributed by atoms with Crippen molar-refractivity contribution in [2.45, 2.75) is 19.9 Å². The summed E-state index contributed by atoms with van der Waals surface area (Å²) in [5.74, 6) is -2.00. The van der Waals surface area contributed by atoms with Crippen LogP contribution in [0.15, 0.2) is 34.9 Å². The Bertz CT molecular complexity index is 637. The average molecular weight is 357 g/mol. The Hall–Kier alpha value is -1.53. The molecule has 3 nitrogen and oxygen atoms in total. The summed E-state index contributed by atoms with van der Waals surface area (Å²) in [4.78, 5) is 4.02. The highest BCUT2D eigenvalue weighted by molar-refractivity contribution is 9.10. The van der Waals surface area contributed by atoms with E-state index < -0.39 is 11.6 Å². The molecule has 0 aliphatic carbocycles. The molecule has 112 valence electrons. The Kier molecular flexibility index (Phi) is 5.25. The maximum absolute atomic E-state index is 13.7. The summed E-state index contributed by atoms with van der Waals surface area (Å²) in [6.45, 7) is 4.84. The lowest BCUT2D eigenvalue weighted by atomic mass is 10.1. The van der Waals surface area contributed by atoms with Crippen molar-refractivity contribution in [3.8, 4) is 11.6 Å². The monoisotopic (exact) mass is 356 g/mol. The molecule has 1 unspecified atom stereocenters. The smallest absolute Gasteiger partial charge is 0.219 e. The summed E-state index contributed by atoms with van der Waals surface area (Å²) in [7, 11) is 0. The van der Waals surface area contributed by atoms with Crippen LogP contribution in [-0.4, -0.2) is 11.5 Å². The second-order valence-corrected chi connectivity index (χ2v) is 5.42. The molecular weight excluding hydrogens is 342 g/mol. The van der Waals surface area contributed by atoms with Gasteiger partial charge >= 0.3 is 0 Å². The van der Waals surface area contributed by atoms with Crippen molar-refractivity contribution in [1.29, 1.82) is 0 Å². The largest absolute Gasteiger partial charge is 0.436 e. The van der Waals surface area contributed by atoms with Gasteiger partial charge in [-0.1, -0.05) is 22.9 Å². The standard InChI is InChI=1S/C15H15BrF2N2O/c1-3-19-9(2)10-4-5-20-14(6-10)21-13-8-11(16)7-12(17)15(13)18/h4-9,19H,3H2,1-2H3. The lowest BCUT2D eigenvalue weighted by Crippen LogP contribution is -2.17. The van der Waals surface area contributed by atoms with Crippen molar-refractivity contribution in [3.05, 3.63) is 52.1 Å². The highest BCUT2D eigenvalue weighted by Gasteiger charge is 2.13. The lowest BCUT2D eigenvalue weighted by molar-refractivity contribution is 0.404. The number of halogens is 3. The molecule has 0 bridgehead atoms. The van der Waals surface area contributed by atoms with Crippen LogP contribution in [0, 0.1) is 11.6 Å². The molecule has 1 aromatic carbocycles. The lowest BCUT2D eigenvalue weighted by Gasteiger charge is -2.14. The van der Waals surface area contributed by atoms with Gasteiger partial charge in [0.2, 0.25) is 11.7 Å². The van der Waals surface area contributed by atoms with Crippen LogP contribution in [0.25, 0.3) is 0 Å². The van der Waals surface area contributed by atoms with Gasteiger partial charge in [-0.15, -0.1) is 0 Å². The fourth-order valence-electron chi connectivity index (χ4n) is 1.89. The number of ether oxygens (including phenoxy) is 1. The average Bonchev–Trinajstić information content (AvgIpc) is 2.45. The number of pyridine rings is 1. The van der Waals surface area contributed by atoms with Gasteiger partial charge in [-0.2, -0.15) is 4.39 Å². The maximum Gasteiger partial charge on any atom is 0.219 e. The predicted octanol–water partition coefficient (Wildman–Crippen LogP) is 4.59. The molecule has 1 heterocycles. The van der Waals surface area contributed by atoms with Gasteiger partial charge in [0.15, 0.2) is 11.6 Å². The first-order chi connectivity index (χ1) is 10.0. The van der Waals surface area contributed by atoms with Crippen molar-refractivity contribution in [1.82, 2.24) is 10.3 Å². The van der Waals surface area contributed by atoms with Crippen molar-refractivity contribution in [2.75, 3.05) is 6.54 Å². The van der Waals surface area contributed by atoms with Crippen LogP contribution in [0.2, 0.25) is 0 Å². The fraction of sp³-hybridized carbons (Fsp3) is 0.267. The summed E-state index contributed by atoms with van der Waals surface area (Å²) in [6.07, 6.45) is 1.57. The molecule has 0 saturated heterocycles. The molecule has 2 aromatic rings. The topological polar surface area (TPSA) is 34.2 Å². The molecule has 1 N–H and O–H groups in total. The van der Waals surface area contributed by atoms with Crippen molar-refractivity contribution in [2.24, 2.45) is 0 Å². The summed E-state index contributed by atoms with van der Waals surface area (Å²) in [5, 5.41) is 3.26. The number of nitrogens with zero attached hydrogens (tertiary/aromatic N) is 1. The Balaban J connectivity index is 2.26. The van der Waals surface area contributed by atoms with Gasteiger partial charge in [-0.05, 0) is 37.2 Å². The van der Waals surface area contributed by atoms with Crippen LogP contribution in [0.3, 0.4) is 0 Å². The molecule has 21 heavy (non-hydrogen) atoms. The van der Waals surface area contributed by atoms with E-state index in [4.69, 9.17) is 4.74 Å². The third kappa shape index (κ3) is 3.98. The van der Waals surface area contributed by atoms with Crippen molar-refractivity contribution in [3.63, 3.8) is 0 Å². The van der Waals surface area contributed by atoms with Crippen LogP contribution in [0.4, 0.5) is 8.78 Å². The third-order valence-electron chi connectivity index (χ3n) is 2.94. The van der Waals surface area contributed by atoms with Crippen LogP contribution in [0.1, 0.15) is 25.5 Å². The Morgan fingerprint density at radius 1 is 1.33 bits per heavy atom. The first-order valence-corrected chi connectivity index (χ1v) is 7.32. The first-order valence-electron chi connectivity index (χ1n) is 6.53. The number of hydrogen-bond donors (Lipinski definition) is 1. The molecule has 1 aromatic heterocycles. The van der Waals surface area contributed by atoms with E-state index in [0.717, 1.165) is 18.2 Å². The Morgan fingerprint density at radius 3 is 2.81 bits per heavy atom. The number of aromatic nitrogens is 1. The second kappa shape index (κ2) is 6.95. The van der Waals surface area contributed by atoms with Crippen LogP contribution in [0.5, 0.6) is 11.6 Å². The summed E-state index contributed by atoms with van der Waals surface area (Å²) >= 11 is 3.10. The van der Waals surface area contributed by atoms with Gasteiger partial charge in [0.25, 0.3) is 0 Å². The van der Waals surface area contributed by atoms with Gasteiger partial charge in [0, 0.05) is 22.8 Å². The van der Waals surface area contributed by atoms with E-state index in [0.29, 0.717) is 4.47 Å². The van der Waals surface area contributed by atoms with E-state index in [-0.39, 0.29) is 17.7 Å². The molecule has 2 rings (SSSR count). The van der Waals surface area contributed by atoms with Gasteiger partial charge in [0.05, 0.1) is 0 Å². The van der Waals surface area contributed by atoms with Gasteiger partial charge in [0.1, 0.15) is 0 Å². The molecule has 1 atom stereocenters. The van der Waals surface area contributed by atoms with E-state index in [1.54, 1.807) is 12.3 Å². The molecular formula is C15H15BrF2N2O. The quantitative estimate of drug-likeness (QED) is 0.795. The number of rotatable bonds is 5. The minimum absolute atomic E-state index is 0.115. The molecule has 0 saturated carbocycles. The minimum Gasteiger partial charge on any atom is -0.436 e. The number of benzene rings is 1. The van der Waals surface area contributed by atoms with E-state index in [1.807, 2.05) is 19.9 Å². The Labute approximate surface area is 130 Å². The number of nitrogens with one attached hydrogen (secondary N) is 1. The summed E-state index contributed by atoms with van der Waals surface area (Å²) < 4.78 is 32.8. The van der Waals surface area contributed by atoms with E-state index >= 15 is 0 Å². The van der Waals surface area contributed by atoms with Crippen LogP contribution < -0.4 is 10.1 Å². The number of hydrogen-bond acceptors (Lipinski definition) is 3. The molecule has 0 radical (unpaired) electrons. The molecule has 6 heteroatoms. The zero-order valence-electron chi connectivity index (χ0n) is 11.7. The highest BCUT2D eigenvalue weighted by Crippen LogP contribution is 2.29. The van der Waals surface area contributed by atoms with E-state index in [9.17, 15) is 8.78 Å². The zero-order valence-corrected chi connectivity index (χ0v) is 13.2. The third-order valence-corrected chi connectivity index (χ3v) is 3.40. The molecule has 0 spiro atoms. The SMILES string of the molecule is CCNC(C)c1ccnc(Oc2cc(Br)cc(F)c2F)c1. The molecule has 0 amide bonds. The van der Waals surface area contributed by atoms with Crippen molar-refractivity contribution < 1.29 is 13.5 Å². The van der Waals surface area contributed by atoms with Crippen LogP contribution >= 0.6 is 15.9 Å². The van der Waals surface area contributed by atoms with E-state index in [2.05, 4.69) is 26.2 Å². The van der Waals surface area contributed by atoms with Gasteiger partial charge in [-0.3, -0.25) is 0 Å². The zero-order chi connectivity index (χ0) is 15.4. The first kappa shape index (κ1) is 15.9. The fourth-order valence-corrected chi connectivity index (χ4v) is 2.30. The summed E-state index contributed by atoms with van der Waals surface area (Å²) in [5.41, 5.74) is 0.956. The Morgan fingerprint density at radius 2 is 2.10 bits per heavy atom. The predicted molar refractivity (Wildman–Crippen MR) is 80.5 cm³/mol. The maximum atomic E-state index is 13.7. The molecule has 0 aliphatic heterocycles. The van der Waals surface area contributed by atoms with Crippen molar-refractivity contribution >= 4 is 15.9 Å². The van der Waals surface area contributed by atoms with Crippen LogP contribution in [-0.2, 0) is 0 Å². The van der Waals surface area contributed by atoms with E-state index in [1.165, 1.54) is 6.07 Å². The molecule has 0 aliphatic rings. The van der Waals surface area contributed by atoms with Gasteiger partial charge in [-0.25, -0.2) is 9.37 Å².